The van der Waals surface area contributed by atoms with Gasteiger partial charge in [-0.2, -0.15) is 0 Å². The van der Waals surface area contributed by atoms with Gasteiger partial charge in [-0.3, -0.25) is 0 Å². The van der Waals surface area contributed by atoms with Gasteiger partial charge in [0.25, 0.3) is 0 Å². The van der Waals surface area contributed by atoms with E-state index in [2.05, 4.69) is 42.4 Å². The van der Waals surface area contributed by atoms with Crippen molar-refractivity contribution in [2.45, 2.75) is 44.2 Å². The highest BCUT2D eigenvalue weighted by Crippen LogP contribution is 2.40. The Kier molecular flexibility index (Phi) is 4.84. The van der Waals surface area contributed by atoms with Crippen LogP contribution in [0.25, 0.3) is 10.2 Å². The van der Waals surface area contributed by atoms with Crippen molar-refractivity contribution in [2.75, 3.05) is 33.8 Å². The number of hydrogen-bond acceptors (Lipinski definition) is 5. The number of ether oxygens (including phenoxy) is 1. The number of hydrogen-bond donors (Lipinski definition) is 1. The summed E-state index contributed by atoms with van der Waals surface area (Å²) in [5, 5.41) is 4.84. The number of benzene rings is 1. The van der Waals surface area contributed by atoms with Crippen molar-refractivity contribution in [3.63, 3.8) is 0 Å². The zero-order valence-electron chi connectivity index (χ0n) is 15.5. The average Bonchev–Trinajstić information content (AvgIpc) is 3.07. The van der Waals surface area contributed by atoms with Crippen LogP contribution in [0.4, 0.5) is 0 Å². The van der Waals surface area contributed by atoms with E-state index in [1.807, 2.05) is 18.4 Å². The number of rotatable bonds is 3. The molecule has 2 fully saturated rings. The lowest BCUT2D eigenvalue weighted by Crippen LogP contribution is -2.42. The largest absolute Gasteiger partial charge is 0.371 e. The van der Waals surface area contributed by atoms with Gasteiger partial charge in [0, 0.05) is 26.2 Å². The summed E-state index contributed by atoms with van der Waals surface area (Å²) in [5.41, 5.74) is 2.31. The second-order valence-corrected chi connectivity index (χ2v) is 8.92. The minimum absolute atomic E-state index is 0.200. The SMILES string of the molecule is COC1(c2nc3cc([C@H]4CC[C@H](C)CN4)ccc3s2)CCN(C)CC1. The normalized spacial score (nSPS) is 27.6. The molecule has 0 amide bonds. The third-order valence-corrected chi connectivity index (χ3v) is 7.27. The van der Waals surface area contributed by atoms with Gasteiger partial charge >= 0.3 is 0 Å². The molecule has 1 N–H and O–H groups in total. The second kappa shape index (κ2) is 6.95. The van der Waals surface area contributed by atoms with E-state index in [0.717, 1.165) is 48.9 Å². The second-order valence-electron chi connectivity index (χ2n) is 7.89. The maximum absolute atomic E-state index is 6.01. The summed E-state index contributed by atoms with van der Waals surface area (Å²) in [6, 6.07) is 7.31. The Labute approximate surface area is 154 Å². The van der Waals surface area contributed by atoms with E-state index in [0.29, 0.717) is 6.04 Å². The van der Waals surface area contributed by atoms with Crippen molar-refractivity contribution in [3.8, 4) is 0 Å². The quantitative estimate of drug-likeness (QED) is 0.901. The van der Waals surface area contributed by atoms with Crippen LogP contribution in [0.2, 0.25) is 0 Å². The Hall–Kier alpha value is -1.01. The third-order valence-electron chi connectivity index (χ3n) is 6.05. The monoisotopic (exact) mass is 359 g/mol. The number of aromatic nitrogens is 1. The summed E-state index contributed by atoms with van der Waals surface area (Å²) in [7, 11) is 4.03. The highest BCUT2D eigenvalue weighted by Gasteiger charge is 2.38. The van der Waals surface area contributed by atoms with Crippen LogP contribution >= 0.6 is 11.3 Å². The van der Waals surface area contributed by atoms with Crippen molar-refractivity contribution < 1.29 is 4.74 Å². The van der Waals surface area contributed by atoms with Gasteiger partial charge < -0.3 is 15.0 Å². The lowest BCUT2D eigenvalue weighted by molar-refractivity contribution is -0.0584. The summed E-state index contributed by atoms with van der Waals surface area (Å²) < 4.78 is 7.29. The van der Waals surface area contributed by atoms with Gasteiger partial charge in [0.2, 0.25) is 0 Å². The van der Waals surface area contributed by atoms with Gasteiger partial charge in [0.15, 0.2) is 0 Å². The van der Waals surface area contributed by atoms with Crippen LogP contribution in [0.3, 0.4) is 0 Å². The van der Waals surface area contributed by atoms with E-state index >= 15 is 0 Å². The predicted octanol–water partition coefficient (Wildman–Crippen LogP) is 3.92. The van der Waals surface area contributed by atoms with Gasteiger partial charge in [0.1, 0.15) is 10.6 Å². The summed E-state index contributed by atoms with van der Waals surface area (Å²) in [6.45, 7) is 5.58. The molecule has 3 heterocycles. The first kappa shape index (κ1) is 17.4. The minimum atomic E-state index is -0.200. The first-order valence-electron chi connectivity index (χ1n) is 9.48. The van der Waals surface area contributed by atoms with Crippen molar-refractivity contribution in [1.29, 1.82) is 0 Å². The van der Waals surface area contributed by atoms with Crippen LogP contribution in [-0.2, 0) is 10.3 Å². The van der Waals surface area contributed by atoms with Crippen molar-refractivity contribution in [2.24, 2.45) is 5.92 Å². The smallest absolute Gasteiger partial charge is 0.126 e. The first-order valence-corrected chi connectivity index (χ1v) is 10.3. The molecule has 0 bridgehead atoms. The van der Waals surface area contributed by atoms with Gasteiger partial charge in [-0.05, 0) is 62.9 Å². The number of fused-ring (bicyclic) bond motifs is 1. The van der Waals surface area contributed by atoms with E-state index in [1.165, 1.54) is 23.1 Å². The van der Waals surface area contributed by atoms with Crippen LogP contribution in [0.15, 0.2) is 18.2 Å². The molecule has 25 heavy (non-hydrogen) atoms. The molecule has 2 aliphatic rings. The molecular formula is C20H29N3OS. The number of piperidine rings is 2. The molecule has 2 atom stereocenters. The van der Waals surface area contributed by atoms with Gasteiger partial charge in [0.05, 0.1) is 10.2 Å². The highest BCUT2D eigenvalue weighted by atomic mass is 32.1. The molecule has 0 radical (unpaired) electrons. The van der Waals surface area contributed by atoms with Crippen molar-refractivity contribution in [1.82, 2.24) is 15.2 Å². The first-order chi connectivity index (χ1) is 12.1. The number of nitrogens with one attached hydrogen (secondary N) is 1. The molecule has 4 nitrogen and oxygen atoms in total. The molecule has 4 rings (SSSR count). The fraction of sp³-hybridized carbons (Fsp3) is 0.650. The van der Waals surface area contributed by atoms with E-state index in [1.54, 1.807) is 0 Å². The van der Waals surface area contributed by atoms with Crippen LogP contribution < -0.4 is 5.32 Å². The minimum Gasteiger partial charge on any atom is -0.371 e. The van der Waals surface area contributed by atoms with Crippen LogP contribution in [-0.4, -0.2) is 43.7 Å². The fourth-order valence-corrected chi connectivity index (χ4v) is 5.30. The summed E-state index contributed by atoms with van der Waals surface area (Å²) in [6.07, 6.45) is 4.57. The molecule has 1 aromatic carbocycles. The molecule has 2 saturated heterocycles. The molecular weight excluding hydrogens is 330 g/mol. The Morgan fingerprint density at radius 2 is 2.08 bits per heavy atom. The Balaban J connectivity index is 1.62. The fourth-order valence-electron chi connectivity index (χ4n) is 4.12. The van der Waals surface area contributed by atoms with E-state index in [4.69, 9.17) is 9.72 Å². The van der Waals surface area contributed by atoms with Gasteiger partial charge in [-0.1, -0.05) is 13.0 Å². The Morgan fingerprint density at radius 1 is 1.28 bits per heavy atom. The summed E-state index contributed by atoms with van der Waals surface area (Å²) in [5.74, 6) is 0.789. The zero-order valence-corrected chi connectivity index (χ0v) is 16.4. The summed E-state index contributed by atoms with van der Waals surface area (Å²) >= 11 is 1.81. The molecule has 0 saturated carbocycles. The topological polar surface area (TPSA) is 37.4 Å². The van der Waals surface area contributed by atoms with Crippen molar-refractivity contribution in [3.05, 3.63) is 28.8 Å². The predicted molar refractivity (Wildman–Crippen MR) is 104 cm³/mol. The molecule has 2 aliphatic heterocycles. The molecule has 5 heteroatoms. The lowest BCUT2D eigenvalue weighted by atomic mass is 9.91. The number of nitrogens with zero attached hydrogens (tertiary/aromatic N) is 2. The molecule has 0 spiro atoms. The maximum atomic E-state index is 6.01. The van der Waals surface area contributed by atoms with Crippen molar-refractivity contribution >= 4 is 21.6 Å². The standard InChI is InChI=1S/C20H29N3OS/c1-14-4-6-16(21-13-14)15-5-7-18-17(12-15)22-19(25-18)20(24-3)8-10-23(2)11-9-20/h5,7,12,14,16,21H,4,6,8-11,13H2,1-3H3/t14-,16+/m0/s1. The van der Waals surface area contributed by atoms with Gasteiger partial charge in [-0.25, -0.2) is 4.98 Å². The Morgan fingerprint density at radius 3 is 2.76 bits per heavy atom. The number of thiazole rings is 1. The lowest BCUT2D eigenvalue weighted by Gasteiger charge is -2.38. The average molecular weight is 360 g/mol. The molecule has 0 unspecified atom stereocenters. The highest BCUT2D eigenvalue weighted by molar-refractivity contribution is 7.18. The maximum Gasteiger partial charge on any atom is 0.126 e. The zero-order chi connectivity index (χ0) is 17.4. The van der Waals surface area contributed by atoms with E-state index in [9.17, 15) is 0 Å². The van der Waals surface area contributed by atoms with Crippen LogP contribution in [0, 0.1) is 5.92 Å². The number of likely N-dealkylation sites (tertiary alicyclic amines) is 1. The summed E-state index contributed by atoms with van der Waals surface area (Å²) in [4.78, 5) is 7.40. The molecule has 1 aromatic heterocycles. The molecule has 136 valence electrons. The Bertz CT molecular complexity index is 728. The van der Waals surface area contributed by atoms with E-state index in [-0.39, 0.29) is 5.60 Å². The van der Waals surface area contributed by atoms with E-state index < -0.39 is 0 Å². The molecule has 2 aromatic rings. The van der Waals surface area contributed by atoms with Crippen LogP contribution in [0.5, 0.6) is 0 Å². The third kappa shape index (κ3) is 3.35. The molecule has 0 aliphatic carbocycles. The number of methoxy groups -OCH3 is 1. The van der Waals surface area contributed by atoms with Crippen LogP contribution in [0.1, 0.15) is 49.2 Å². The van der Waals surface area contributed by atoms with Gasteiger partial charge in [-0.15, -0.1) is 11.3 Å².